The minimum atomic E-state index is 0.231. The minimum absolute atomic E-state index is 0.231. The van der Waals surface area contributed by atoms with E-state index in [1.807, 2.05) is 12.4 Å². The molecule has 144 valence electrons. The largest absolute Gasteiger partial charge is 0.508 e. The van der Waals surface area contributed by atoms with Crippen molar-refractivity contribution in [2.45, 2.75) is 6.42 Å². The number of hydrogen-bond acceptors (Lipinski definition) is 8. The van der Waals surface area contributed by atoms with Gasteiger partial charge in [0, 0.05) is 41.0 Å². The average molecular weight is 421 g/mol. The van der Waals surface area contributed by atoms with E-state index in [1.54, 1.807) is 61.0 Å². The van der Waals surface area contributed by atoms with Crippen LogP contribution in [-0.2, 0) is 6.42 Å². The van der Waals surface area contributed by atoms with Gasteiger partial charge >= 0.3 is 0 Å². The summed E-state index contributed by atoms with van der Waals surface area (Å²) in [5.74, 6) is 0.463. The van der Waals surface area contributed by atoms with Crippen molar-refractivity contribution in [1.29, 1.82) is 0 Å². The average Bonchev–Trinajstić information content (AvgIpc) is 3.37. The highest BCUT2D eigenvalue weighted by Crippen LogP contribution is 2.28. The van der Waals surface area contributed by atoms with Crippen LogP contribution in [0.4, 0.5) is 10.3 Å². The van der Waals surface area contributed by atoms with Crippen molar-refractivity contribution in [3.8, 4) is 11.5 Å². The minimum Gasteiger partial charge on any atom is -0.508 e. The molecule has 0 aliphatic carbocycles. The van der Waals surface area contributed by atoms with E-state index < -0.39 is 0 Å². The molecule has 0 saturated carbocycles. The van der Waals surface area contributed by atoms with Crippen LogP contribution in [0.3, 0.4) is 0 Å². The number of aromatic hydroxyl groups is 2. The summed E-state index contributed by atoms with van der Waals surface area (Å²) in [5.41, 5.74) is 1.80. The number of nitrogens with zero attached hydrogens (tertiary/aromatic N) is 4. The van der Waals surface area contributed by atoms with Crippen LogP contribution in [0, 0.1) is 0 Å². The molecule has 0 aliphatic rings. The molecule has 0 amide bonds. The summed E-state index contributed by atoms with van der Waals surface area (Å²) in [7, 11) is 0. The lowest BCUT2D eigenvalue weighted by Crippen LogP contribution is -1.78. The van der Waals surface area contributed by atoms with Crippen LogP contribution in [0.2, 0.25) is 0 Å². The number of phenolic OH excluding ortho intramolecular Hbond substituents is 2. The molecule has 2 aromatic heterocycles. The topological polar surface area (TPSA) is 91.0 Å². The fourth-order valence-corrected chi connectivity index (χ4v) is 4.08. The number of rotatable bonds is 6. The van der Waals surface area contributed by atoms with Gasteiger partial charge in [0.15, 0.2) is 0 Å². The highest BCUT2D eigenvalue weighted by atomic mass is 32.1. The number of benzene rings is 2. The molecule has 0 aliphatic heterocycles. The molecular weight excluding hydrogens is 404 g/mol. The quantitative estimate of drug-likeness (QED) is 0.425. The smallest absolute Gasteiger partial charge is 0.209 e. The Kier molecular flexibility index (Phi) is 5.73. The first-order valence-electron chi connectivity index (χ1n) is 8.70. The van der Waals surface area contributed by atoms with Crippen LogP contribution in [0.5, 0.6) is 11.5 Å². The van der Waals surface area contributed by atoms with Crippen molar-refractivity contribution in [3.05, 3.63) is 81.8 Å². The zero-order valence-electron chi connectivity index (χ0n) is 15.1. The highest BCUT2D eigenvalue weighted by Gasteiger charge is 2.06. The Morgan fingerprint density at radius 1 is 0.690 bits per heavy atom. The van der Waals surface area contributed by atoms with Gasteiger partial charge in [-0.25, -0.2) is 20.0 Å². The van der Waals surface area contributed by atoms with E-state index in [2.05, 4.69) is 20.0 Å². The van der Waals surface area contributed by atoms with Gasteiger partial charge in [-0.1, -0.05) is 22.7 Å². The summed E-state index contributed by atoms with van der Waals surface area (Å²) >= 11 is 3.06. The lowest BCUT2D eigenvalue weighted by Gasteiger charge is -1.92. The van der Waals surface area contributed by atoms with Gasteiger partial charge in [-0.2, -0.15) is 0 Å². The molecular formula is C21H16N4O2S2. The number of aliphatic imine (C=N–C) groups is 2. The molecule has 6 nitrogen and oxygen atoms in total. The first kappa shape index (κ1) is 19.0. The molecule has 8 heteroatoms. The molecule has 0 spiro atoms. The summed E-state index contributed by atoms with van der Waals surface area (Å²) in [6.07, 6.45) is 7.84. The summed E-state index contributed by atoms with van der Waals surface area (Å²) in [5, 5.41) is 20.0. The van der Waals surface area contributed by atoms with Gasteiger partial charge in [-0.05, 0) is 59.7 Å². The van der Waals surface area contributed by atoms with Crippen molar-refractivity contribution in [3.63, 3.8) is 0 Å². The second kappa shape index (κ2) is 8.76. The van der Waals surface area contributed by atoms with E-state index in [4.69, 9.17) is 0 Å². The zero-order chi connectivity index (χ0) is 20.1. The number of thiazole rings is 2. The van der Waals surface area contributed by atoms with Crippen LogP contribution in [-0.4, -0.2) is 32.6 Å². The SMILES string of the molecule is Oc1ccc(/C=N/c2ncc(Cc3cnc(/N=C/c4ccc(O)cc4)s3)s2)cc1. The standard InChI is InChI=1S/C21H16N4O2S2/c26-16-5-1-14(2-6-16)10-22-20-24-12-18(28-20)9-19-13-25-21(29-19)23-11-15-3-7-17(27)8-4-15/h1-8,10-13,26-27H,9H2/b22-10+,23-11+. The third kappa shape index (κ3) is 5.34. The van der Waals surface area contributed by atoms with E-state index in [0.29, 0.717) is 10.3 Å². The predicted molar refractivity (Wildman–Crippen MR) is 118 cm³/mol. The molecule has 4 rings (SSSR count). The molecule has 2 aromatic carbocycles. The predicted octanol–water partition coefficient (Wildman–Crippen LogP) is 5.10. The lowest BCUT2D eigenvalue weighted by atomic mass is 10.2. The van der Waals surface area contributed by atoms with Crippen LogP contribution in [0.15, 0.2) is 70.9 Å². The molecule has 0 bridgehead atoms. The molecule has 0 radical (unpaired) electrons. The molecule has 0 fully saturated rings. The van der Waals surface area contributed by atoms with Crippen LogP contribution in [0.25, 0.3) is 0 Å². The number of phenols is 2. The molecule has 4 aromatic rings. The first-order chi connectivity index (χ1) is 14.1. The van der Waals surface area contributed by atoms with E-state index in [1.165, 1.54) is 22.7 Å². The first-order valence-corrected chi connectivity index (χ1v) is 10.3. The van der Waals surface area contributed by atoms with Crippen LogP contribution < -0.4 is 0 Å². The van der Waals surface area contributed by atoms with Gasteiger partial charge in [-0.3, -0.25) is 0 Å². The maximum atomic E-state index is 9.31. The van der Waals surface area contributed by atoms with E-state index in [0.717, 1.165) is 27.3 Å². The Bertz CT molecular complexity index is 1050. The van der Waals surface area contributed by atoms with Gasteiger partial charge in [0.1, 0.15) is 11.5 Å². The van der Waals surface area contributed by atoms with Crippen LogP contribution >= 0.6 is 22.7 Å². The number of hydrogen-bond donors (Lipinski definition) is 2. The van der Waals surface area contributed by atoms with E-state index in [-0.39, 0.29) is 11.5 Å². The summed E-state index contributed by atoms with van der Waals surface area (Å²) in [4.78, 5) is 19.7. The van der Waals surface area contributed by atoms with Gasteiger partial charge < -0.3 is 10.2 Å². The zero-order valence-corrected chi connectivity index (χ0v) is 16.8. The highest BCUT2D eigenvalue weighted by molar-refractivity contribution is 7.16. The van der Waals surface area contributed by atoms with Gasteiger partial charge in [-0.15, -0.1) is 0 Å². The van der Waals surface area contributed by atoms with Crippen LogP contribution in [0.1, 0.15) is 20.9 Å². The van der Waals surface area contributed by atoms with Crippen molar-refractivity contribution in [2.24, 2.45) is 9.98 Å². The van der Waals surface area contributed by atoms with Crippen molar-refractivity contribution in [1.82, 2.24) is 9.97 Å². The Labute approximate surface area is 175 Å². The molecule has 2 N–H and O–H groups in total. The van der Waals surface area contributed by atoms with Gasteiger partial charge in [0.25, 0.3) is 0 Å². The fourth-order valence-electron chi connectivity index (χ4n) is 2.43. The summed E-state index contributed by atoms with van der Waals surface area (Å²) in [6, 6.07) is 13.7. The van der Waals surface area contributed by atoms with E-state index in [9.17, 15) is 10.2 Å². The van der Waals surface area contributed by atoms with Gasteiger partial charge in [0.2, 0.25) is 10.3 Å². The molecule has 0 atom stereocenters. The Hall–Kier alpha value is -3.36. The van der Waals surface area contributed by atoms with Crippen molar-refractivity contribution < 1.29 is 10.2 Å². The third-order valence-electron chi connectivity index (χ3n) is 3.87. The Morgan fingerprint density at radius 2 is 1.10 bits per heavy atom. The van der Waals surface area contributed by atoms with Crippen molar-refractivity contribution in [2.75, 3.05) is 0 Å². The summed E-state index contributed by atoms with van der Waals surface area (Å²) in [6.45, 7) is 0. The third-order valence-corrected chi connectivity index (χ3v) is 5.68. The molecule has 0 unspecified atom stereocenters. The number of aromatic nitrogens is 2. The van der Waals surface area contributed by atoms with Crippen molar-refractivity contribution >= 4 is 45.4 Å². The molecule has 29 heavy (non-hydrogen) atoms. The van der Waals surface area contributed by atoms with E-state index >= 15 is 0 Å². The second-order valence-corrected chi connectivity index (χ2v) is 8.28. The summed E-state index contributed by atoms with van der Waals surface area (Å²) < 4.78 is 0. The maximum absolute atomic E-state index is 9.31. The second-order valence-electron chi connectivity index (χ2n) is 6.09. The maximum Gasteiger partial charge on any atom is 0.209 e. The molecule has 2 heterocycles. The normalized spacial score (nSPS) is 11.6. The van der Waals surface area contributed by atoms with Gasteiger partial charge in [0.05, 0.1) is 0 Å². The fraction of sp³-hybridized carbons (Fsp3) is 0.0476. The Balaban J connectivity index is 1.37. The monoisotopic (exact) mass is 420 g/mol. The molecule has 0 saturated heterocycles. The lowest BCUT2D eigenvalue weighted by molar-refractivity contribution is 0.475. The Morgan fingerprint density at radius 3 is 1.52 bits per heavy atom.